The number of hydrogen-bond donors (Lipinski definition) is 1. The van der Waals surface area contributed by atoms with Crippen molar-refractivity contribution < 1.29 is 17.6 Å². The summed E-state index contributed by atoms with van der Waals surface area (Å²) in [6.45, 7) is 0.345. The first-order chi connectivity index (χ1) is 16.2. The summed E-state index contributed by atoms with van der Waals surface area (Å²) in [4.78, 5) is 5.84. The SMILES string of the molecule is CSC1(CCC2CCCC2)CN(SC(F)(F)F)Cc2c(F)cccc2N1Cc1cc(N)ccn1. The van der Waals surface area contributed by atoms with Crippen molar-refractivity contribution in [1.82, 2.24) is 9.29 Å². The van der Waals surface area contributed by atoms with Crippen LogP contribution in [0.1, 0.15) is 49.8 Å². The maximum Gasteiger partial charge on any atom is 0.456 e. The van der Waals surface area contributed by atoms with Gasteiger partial charge in [0.25, 0.3) is 0 Å². The van der Waals surface area contributed by atoms with Crippen LogP contribution in [-0.2, 0) is 13.1 Å². The largest absolute Gasteiger partial charge is 0.456 e. The fraction of sp³-hybridized carbons (Fsp3) is 0.542. The Bertz CT molecular complexity index is 984. The van der Waals surface area contributed by atoms with Crippen molar-refractivity contribution in [2.45, 2.75) is 62.0 Å². The smallest absolute Gasteiger partial charge is 0.399 e. The lowest BCUT2D eigenvalue weighted by Gasteiger charge is -2.45. The Balaban J connectivity index is 1.78. The van der Waals surface area contributed by atoms with Crippen molar-refractivity contribution in [3.05, 3.63) is 53.6 Å². The molecule has 2 aliphatic rings. The van der Waals surface area contributed by atoms with E-state index < -0.39 is 16.2 Å². The van der Waals surface area contributed by atoms with Crippen LogP contribution >= 0.6 is 23.7 Å². The van der Waals surface area contributed by atoms with Gasteiger partial charge < -0.3 is 10.6 Å². The van der Waals surface area contributed by atoms with Crippen LogP contribution < -0.4 is 10.6 Å². The van der Waals surface area contributed by atoms with E-state index in [1.54, 1.807) is 36.2 Å². The number of hydrogen-bond acceptors (Lipinski definition) is 6. The highest BCUT2D eigenvalue weighted by molar-refractivity contribution is 8.00. The van der Waals surface area contributed by atoms with Crippen LogP contribution in [0.2, 0.25) is 0 Å². The Kier molecular flexibility index (Phi) is 7.89. The predicted molar refractivity (Wildman–Crippen MR) is 133 cm³/mol. The molecule has 186 valence electrons. The number of aromatic nitrogens is 1. The molecule has 1 fully saturated rings. The summed E-state index contributed by atoms with van der Waals surface area (Å²) >= 11 is 1.38. The van der Waals surface area contributed by atoms with Gasteiger partial charge in [-0.1, -0.05) is 31.7 Å². The average molecular weight is 515 g/mol. The minimum atomic E-state index is -4.45. The zero-order chi connectivity index (χ0) is 24.3. The third kappa shape index (κ3) is 5.94. The highest BCUT2D eigenvalue weighted by atomic mass is 32.2. The molecule has 4 nitrogen and oxygen atoms in total. The zero-order valence-electron chi connectivity index (χ0n) is 19.2. The van der Waals surface area contributed by atoms with Gasteiger partial charge >= 0.3 is 5.51 Å². The van der Waals surface area contributed by atoms with E-state index >= 15 is 4.39 Å². The molecule has 2 aromatic rings. The molecule has 0 spiro atoms. The standard InChI is InChI=1S/C24H30F4N4S2/c1-33-23(11-9-17-5-2-3-6-17)16-31(34-24(26,27)28)15-20-21(25)7-4-8-22(20)32(23)14-19-13-18(29)10-12-30-19/h4,7-8,10,12-13,17H,2-3,5-6,9,11,14-16H2,1H3,(H2,29,30). The fourth-order valence-corrected chi connectivity index (χ4v) is 7.01. The highest BCUT2D eigenvalue weighted by Crippen LogP contribution is 2.48. The van der Waals surface area contributed by atoms with E-state index in [2.05, 4.69) is 9.88 Å². The van der Waals surface area contributed by atoms with Crippen LogP contribution in [0.3, 0.4) is 0 Å². The molecule has 1 atom stereocenters. The number of fused-ring (bicyclic) bond motifs is 1. The van der Waals surface area contributed by atoms with Crippen molar-refractivity contribution >= 4 is 35.1 Å². The highest BCUT2D eigenvalue weighted by Gasteiger charge is 2.45. The zero-order valence-corrected chi connectivity index (χ0v) is 20.8. The maximum absolute atomic E-state index is 15.0. The predicted octanol–water partition coefficient (Wildman–Crippen LogP) is 6.82. The Morgan fingerprint density at radius 3 is 2.65 bits per heavy atom. The summed E-state index contributed by atoms with van der Waals surface area (Å²) in [7, 11) is 0. The minimum Gasteiger partial charge on any atom is -0.399 e. The Morgan fingerprint density at radius 1 is 1.21 bits per heavy atom. The molecule has 1 aliphatic carbocycles. The molecular weight excluding hydrogens is 484 g/mol. The van der Waals surface area contributed by atoms with Gasteiger partial charge in [0.15, 0.2) is 0 Å². The molecule has 34 heavy (non-hydrogen) atoms. The average Bonchev–Trinajstić information content (AvgIpc) is 3.25. The van der Waals surface area contributed by atoms with Crippen molar-refractivity contribution in [2.24, 2.45) is 5.92 Å². The van der Waals surface area contributed by atoms with Gasteiger partial charge in [-0.2, -0.15) is 13.2 Å². The first-order valence-electron chi connectivity index (χ1n) is 11.5. The molecule has 0 radical (unpaired) electrons. The lowest BCUT2D eigenvalue weighted by molar-refractivity contribution is -0.0365. The van der Waals surface area contributed by atoms with Crippen LogP contribution in [0, 0.1) is 11.7 Å². The summed E-state index contributed by atoms with van der Waals surface area (Å²) in [5, 5.41) is 0. The van der Waals surface area contributed by atoms with Crippen molar-refractivity contribution in [3.63, 3.8) is 0 Å². The molecule has 1 unspecified atom stereocenters. The second-order valence-corrected chi connectivity index (χ2v) is 11.4. The number of anilines is 2. The van der Waals surface area contributed by atoms with E-state index in [4.69, 9.17) is 5.73 Å². The van der Waals surface area contributed by atoms with Gasteiger partial charge in [0, 0.05) is 48.2 Å². The van der Waals surface area contributed by atoms with Gasteiger partial charge in [-0.05, 0) is 49.3 Å². The summed E-state index contributed by atoms with van der Waals surface area (Å²) in [6.07, 6.45) is 9.93. The lowest BCUT2D eigenvalue weighted by Crippen LogP contribution is -2.51. The third-order valence-corrected chi connectivity index (χ3v) is 8.86. The Labute approximate surface area is 206 Å². The molecule has 2 heterocycles. The number of benzene rings is 1. The molecule has 1 aliphatic heterocycles. The van der Waals surface area contributed by atoms with Gasteiger partial charge in [-0.25, -0.2) is 8.70 Å². The number of nitrogens with zero attached hydrogens (tertiary/aromatic N) is 3. The summed E-state index contributed by atoms with van der Waals surface area (Å²) in [5.74, 6) is 0.0822. The second kappa shape index (κ2) is 10.5. The first-order valence-corrected chi connectivity index (χ1v) is 13.5. The fourth-order valence-electron chi connectivity index (χ4n) is 5.17. The van der Waals surface area contributed by atoms with Crippen LogP contribution in [0.4, 0.5) is 28.9 Å². The van der Waals surface area contributed by atoms with E-state index in [9.17, 15) is 13.2 Å². The second-order valence-electron chi connectivity index (χ2n) is 9.08. The molecule has 4 rings (SSSR count). The normalized spacial score (nSPS) is 22.1. The van der Waals surface area contributed by atoms with E-state index in [1.165, 1.54) is 23.2 Å². The number of nitrogens with two attached hydrogens (primary N) is 1. The monoisotopic (exact) mass is 514 g/mol. The number of alkyl halides is 3. The maximum atomic E-state index is 15.0. The van der Waals surface area contributed by atoms with Crippen LogP contribution in [-0.4, -0.2) is 32.5 Å². The number of rotatable bonds is 7. The molecule has 1 aromatic carbocycles. The number of thioether (sulfide) groups is 1. The van der Waals surface area contributed by atoms with Crippen molar-refractivity contribution in [3.8, 4) is 0 Å². The molecule has 1 saturated carbocycles. The van der Waals surface area contributed by atoms with Crippen molar-refractivity contribution in [2.75, 3.05) is 23.4 Å². The van der Waals surface area contributed by atoms with Crippen LogP contribution in [0.25, 0.3) is 0 Å². The van der Waals surface area contributed by atoms with Gasteiger partial charge in [0.1, 0.15) is 5.82 Å². The van der Waals surface area contributed by atoms with Crippen molar-refractivity contribution in [1.29, 1.82) is 0 Å². The number of halogens is 4. The van der Waals surface area contributed by atoms with E-state index in [0.29, 0.717) is 36.0 Å². The molecule has 0 saturated heterocycles. The van der Waals surface area contributed by atoms with Crippen LogP contribution in [0.5, 0.6) is 0 Å². The van der Waals surface area contributed by atoms with E-state index in [0.717, 1.165) is 19.3 Å². The van der Waals surface area contributed by atoms with Gasteiger partial charge in [0.2, 0.25) is 0 Å². The quantitative estimate of drug-likeness (QED) is 0.323. The van der Waals surface area contributed by atoms with Gasteiger partial charge in [-0.15, -0.1) is 11.8 Å². The molecule has 2 N–H and O–H groups in total. The number of pyridine rings is 1. The molecular formula is C24H30F4N4S2. The minimum absolute atomic E-state index is 0.126. The van der Waals surface area contributed by atoms with Gasteiger partial charge in [0.05, 0.1) is 17.1 Å². The van der Waals surface area contributed by atoms with Gasteiger partial charge in [-0.3, -0.25) is 4.98 Å². The molecule has 10 heteroatoms. The molecule has 0 bridgehead atoms. The Hall–Kier alpha value is -1.65. The molecule has 0 amide bonds. The lowest BCUT2D eigenvalue weighted by atomic mass is 9.96. The topological polar surface area (TPSA) is 45.4 Å². The summed E-state index contributed by atoms with van der Waals surface area (Å²) in [6, 6.07) is 8.23. The first kappa shape index (κ1) is 25.4. The number of nitrogen functional groups attached to an aromatic ring is 1. The third-order valence-electron chi connectivity index (χ3n) is 6.83. The Morgan fingerprint density at radius 2 is 1.97 bits per heavy atom. The molecule has 1 aromatic heterocycles. The van der Waals surface area contributed by atoms with E-state index in [-0.39, 0.29) is 30.6 Å². The summed E-state index contributed by atoms with van der Waals surface area (Å²) < 4.78 is 56.8. The van der Waals surface area contributed by atoms with Crippen LogP contribution in [0.15, 0.2) is 36.5 Å². The summed E-state index contributed by atoms with van der Waals surface area (Å²) in [5.41, 5.74) is 3.70. The van der Waals surface area contributed by atoms with E-state index in [1.807, 2.05) is 12.3 Å².